The highest BCUT2D eigenvalue weighted by molar-refractivity contribution is 6.29. The van der Waals surface area contributed by atoms with Gasteiger partial charge in [-0.25, -0.2) is 0 Å². The molecular formula is C24H20Cl3IN4O6+. The number of methoxy groups -OCH3 is 2. The lowest BCUT2D eigenvalue weighted by Gasteiger charge is -2.13. The molecule has 2 aromatic heterocycles. The SMILES string of the molecule is COc1ccc([I+](O[Cl+3]([O-])([O-])[O-])c2ccc(OC)c(Cc3ccc(Cl)nn3)c2)cc1Cc1ccc(Cl)nn1. The molecule has 0 N–H and O–H groups in total. The summed E-state index contributed by atoms with van der Waals surface area (Å²) >= 11 is 8.39. The molecule has 0 spiro atoms. The van der Waals surface area contributed by atoms with Crippen molar-refractivity contribution in [2.75, 3.05) is 14.2 Å². The number of ether oxygens (including phenoxy) is 2. The maximum absolute atomic E-state index is 11.8. The number of hydrogen-bond acceptors (Lipinski definition) is 10. The van der Waals surface area contributed by atoms with Gasteiger partial charge in [-0.15, -0.1) is 10.2 Å². The molecule has 0 atom stereocenters. The van der Waals surface area contributed by atoms with Crippen LogP contribution in [0.2, 0.25) is 10.3 Å². The van der Waals surface area contributed by atoms with E-state index in [1.54, 1.807) is 60.7 Å². The van der Waals surface area contributed by atoms with E-state index in [0.717, 1.165) is 0 Å². The summed E-state index contributed by atoms with van der Waals surface area (Å²) in [6.45, 7) is 0. The van der Waals surface area contributed by atoms with E-state index in [-0.39, 0.29) is 10.3 Å². The molecule has 0 amide bonds. The Hall–Kier alpha value is -2.36. The molecule has 0 saturated heterocycles. The lowest BCUT2D eigenvalue weighted by molar-refractivity contribution is -1.95. The average Bonchev–Trinajstić information content (AvgIpc) is 2.89. The highest BCUT2D eigenvalue weighted by Gasteiger charge is 2.48. The van der Waals surface area contributed by atoms with E-state index in [2.05, 4.69) is 20.4 Å². The lowest BCUT2D eigenvalue weighted by Crippen LogP contribution is -3.86. The fourth-order valence-corrected chi connectivity index (χ4v) is 9.42. The van der Waals surface area contributed by atoms with E-state index in [1.165, 1.54) is 14.2 Å². The molecule has 0 fully saturated rings. The van der Waals surface area contributed by atoms with Crippen molar-refractivity contribution in [2.45, 2.75) is 12.8 Å². The largest absolute Gasteiger partial charge is 0.496 e. The van der Waals surface area contributed by atoms with Crippen LogP contribution in [0.25, 0.3) is 0 Å². The minimum atomic E-state index is -4.71. The average molecular weight is 694 g/mol. The van der Waals surface area contributed by atoms with Gasteiger partial charge >= 0.3 is 20.2 Å². The molecule has 199 valence electrons. The molecular weight excluding hydrogens is 674 g/mol. The van der Waals surface area contributed by atoms with Gasteiger partial charge < -0.3 is 9.47 Å². The van der Waals surface area contributed by atoms with Gasteiger partial charge in [0.25, 0.3) is 2.62 Å². The summed E-state index contributed by atoms with van der Waals surface area (Å²) in [4.78, 5) is 0. The fraction of sp³-hybridized carbons (Fsp3) is 0.167. The first-order valence-electron chi connectivity index (χ1n) is 10.8. The molecule has 38 heavy (non-hydrogen) atoms. The van der Waals surface area contributed by atoms with Crippen LogP contribution in [-0.4, -0.2) is 34.6 Å². The van der Waals surface area contributed by atoms with Crippen LogP contribution in [-0.2, 0) is 15.5 Å². The van der Waals surface area contributed by atoms with Crippen LogP contribution in [0, 0.1) is 17.4 Å². The van der Waals surface area contributed by atoms with E-state index >= 15 is 0 Å². The summed E-state index contributed by atoms with van der Waals surface area (Å²) < 4.78 is 52.6. The van der Waals surface area contributed by atoms with E-state index in [1.807, 2.05) is 0 Å². The van der Waals surface area contributed by atoms with Crippen LogP contribution in [0.5, 0.6) is 11.5 Å². The smallest absolute Gasteiger partial charge is 0.486 e. The maximum Gasteiger partial charge on any atom is 0.486 e. The van der Waals surface area contributed by atoms with Crippen molar-refractivity contribution in [2.24, 2.45) is 0 Å². The number of nitrogens with zero attached hydrogens (tertiary/aromatic N) is 4. The van der Waals surface area contributed by atoms with Crippen LogP contribution in [0.4, 0.5) is 0 Å². The highest BCUT2D eigenvalue weighted by atomic mass is 127. The van der Waals surface area contributed by atoms with Gasteiger partial charge in [0, 0.05) is 24.0 Å². The van der Waals surface area contributed by atoms with Crippen molar-refractivity contribution < 1.29 is 56.5 Å². The van der Waals surface area contributed by atoms with E-state index in [9.17, 15) is 14.0 Å². The Morgan fingerprint density at radius 2 is 1.13 bits per heavy atom. The minimum Gasteiger partial charge on any atom is -0.496 e. The van der Waals surface area contributed by atoms with Gasteiger partial charge in [0.05, 0.1) is 25.6 Å². The van der Waals surface area contributed by atoms with Gasteiger partial charge in [-0.05, 0) is 60.7 Å². The number of hydrogen-bond donors (Lipinski definition) is 0. The Bertz CT molecular complexity index is 1290. The molecule has 0 saturated carbocycles. The van der Waals surface area contributed by atoms with Gasteiger partial charge in [0.15, 0.2) is 17.4 Å². The second kappa shape index (κ2) is 12.7. The third kappa shape index (κ3) is 7.61. The molecule has 0 unspecified atom stereocenters. The zero-order valence-electron chi connectivity index (χ0n) is 19.9. The first-order valence-corrected chi connectivity index (χ1v) is 15.8. The van der Waals surface area contributed by atoms with Gasteiger partial charge in [0.2, 0.25) is 0 Å². The maximum atomic E-state index is 11.8. The van der Waals surface area contributed by atoms with Crippen LogP contribution in [0.3, 0.4) is 0 Å². The second-order valence-electron chi connectivity index (χ2n) is 7.65. The monoisotopic (exact) mass is 692 g/mol. The third-order valence-electron chi connectivity index (χ3n) is 5.13. The summed E-state index contributed by atoms with van der Waals surface area (Å²) in [6.07, 6.45) is 0.659. The highest BCUT2D eigenvalue weighted by Crippen LogP contribution is 2.22. The first-order chi connectivity index (χ1) is 18.1. The van der Waals surface area contributed by atoms with Crippen molar-refractivity contribution in [1.82, 2.24) is 20.4 Å². The van der Waals surface area contributed by atoms with Gasteiger partial charge in [-0.3, -0.25) is 0 Å². The van der Waals surface area contributed by atoms with Crippen molar-refractivity contribution in [1.29, 1.82) is 0 Å². The summed E-state index contributed by atoms with van der Waals surface area (Å²) in [7, 11) is -1.66. The van der Waals surface area contributed by atoms with Crippen LogP contribution >= 0.6 is 23.2 Å². The Kier molecular flexibility index (Phi) is 9.54. The fourth-order valence-electron chi connectivity index (χ4n) is 3.51. The summed E-state index contributed by atoms with van der Waals surface area (Å²) in [5.74, 6) is 1.11. The summed E-state index contributed by atoms with van der Waals surface area (Å²) in [6, 6.07) is 17.0. The van der Waals surface area contributed by atoms with Crippen molar-refractivity contribution in [3.63, 3.8) is 0 Å². The van der Waals surface area contributed by atoms with Gasteiger partial charge in [-0.2, -0.15) is 24.2 Å². The number of halogens is 4. The van der Waals surface area contributed by atoms with Crippen LogP contribution in [0.1, 0.15) is 22.5 Å². The Balaban J connectivity index is 1.74. The standard InChI is InChI=1S/C24H20Cl3IN4O6/c1-36-21-7-3-17(11-15(21)13-19-5-9-23(25)31-29-19)28(38-27(33,34)35)18-4-8-22(37-2)16(12-18)14-20-6-10-24(26)32-30-20/h3-12H,13-14H2,1-2H3/q+1. The Morgan fingerprint density at radius 3 is 1.47 bits per heavy atom. The number of benzene rings is 2. The Morgan fingerprint density at radius 1 is 0.684 bits per heavy atom. The number of rotatable bonds is 10. The normalized spacial score (nSPS) is 11.6. The van der Waals surface area contributed by atoms with Crippen molar-refractivity contribution in [3.8, 4) is 11.5 Å². The second-order valence-corrected chi connectivity index (χ2v) is 14.2. The molecule has 14 heteroatoms. The minimum absolute atomic E-state index is 0.260. The summed E-state index contributed by atoms with van der Waals surface area (Å²) in [5.41, 5.74) is 2.66. The zero-order chi connectivity index (χ0) is 27.3. The van der Waals surface area contributed by atoms with E-state index in [4.69, 9.17) is 35.3 Å². The predicted octanol–water partition coefficient (Wildman–Crippen LogP) is -1.73. The van der Waals surface area contributed by atoms with Gasteiger partial charge in [-0.1, -0.05) is 23.2 Å². The Labute approximate surface area is 238 Å². The van der Waals surface area contributed by atoms with Gasteiger partial charge in [0.1, 0.15) is 21.7 Å². The molecule has 10 nitrogen and oxygen atoms in total. The zero-order valence-corrected chi connectivity index (χ0v) is 24.4. The first kappa shape index (κ1) is 28.6. The topological polar surface area (TPSA) is 148 Å². The van der Waals surface area contributed by atoms with Crippen LogP contribution in [0.15, 0.2) is 60.7 Å². The molecule has 2 aromatic carbocycles. The molecule has 1 radical (unpaired) electrons. The molecule has 0 aliphatic carbocycles. The lowest BCUT2D eigenvalue weighted by atomic mass is 10.1. The molecule has 0 aliphatic heterocycles. The molecule has 0 bridgehead atoms. The molecule has 2 heterocycles. The summed E-state index contributed by atoms with van der Waals surface area (Å²) in [5, 5.41) is 16.4. The van der Waals surface area contributed by atoms with E-state index in [0.29, 0.717) is 54.0 Å². The quantitative estimate of drug-likeness (QED) is 0.176. The molecule has 4 aromatic rings. The third-order valence-corrected chi connectivity index (χ3v) is 11.6. The van der Waals surface area contributed by atoms with Crippen LogP contribution < -0.4 is 43.7 Å². The predicted molar refractivity (Wildman–Crippen MR) is 124 cm³/mol. The van der Waals surface area contributed by atoms with Crippen molar-refractivity contribution in [3.05, 3.63) is 101 Å². The van der Waals surface area contributed by atoms with E-state index < -0.39 is 30.5 Å². The number of aromatic nitrogens is 4. The molecule has 0 aliphatic rings. The van der Waals surface area contributed by atoms with Crippen molar-refractivity contribution >= 4 is 23.2 Å². The molecule has 4 rings (SSSR count).